The molecule has 0 bridgehead atoms. The van der Waals surface area contributed by atoms with Crippen molar-refractivity contribution in [2.75, 3.05) is 18.1 Å². The summed E-state index contributed by atoms with van der Waals surface area (Å²) in [4.78, 5) is 33.3. The van der Waals surface area contributed by atoms with Gasteiger partial charge in [0.2, 0.25) is 5.91 Å². The van der Waals surface area contributed by atoms with Gasteiger partial charge < -0.3 is 4.90 Å². The van der Waals surface area contributed by atoms with Crippen LogP contribution in [0.2, 0.25) is 0 Å². The van der Waals surface area contributed by atoms with Crippen molar-refractivity contribution in [1.82, 2.24) is 9.88 Å². The second-order valence-corrected chi connectivity index (χ2v) is 7.48. The lowest BCUT2D eigenvalue weighted by atomic mass is 10.1. The lowest BCUT2D eigenvalue weighted by Crippen LogP contribution is -2.42. The van der Waals surface area contributed by atoms with Crippen molar-refractivity contribution < 1.29 is 9.59 Å². The Balaban J connectivity index is 1.73. The summed E-state index contributed by atoms with van der Waals surface area (Å²) in [5.41, 5.74) is 2.50. The van der Waals surface area contributed by atoms with Gasteiger partial charge in [0.1, 0.15) is 6.67 Å². The molecule has 1 saturated heterocycles. The zero-order valence-electron chi connectivity index (χ0n) is 14.5. The Labute approximate surface area is 155 Å². The SMILES string of the molecule is Cc1cccc(C(=O)N(CN2CCCC2=O)c2nc3ccccc3s2)c1. The van der Waals surface area contributed by atoms with Crippen LogP contribution in [0.25, 0.3) is 10.2 Å². The van der Waals surface area contributed by atoms with Gasteiger partial charge in [-0.05, 0) is 37.6 Å². The van der Waals surface area contributed by atoms with Gasteiger partial charge in [0.05, 0.1) is 10.2 Å². The third kappa shape index (κ3) is 3.20. The summed E-state index contributed by atoms with van der Waals surface area (Å²) in [6.45, 7) is 2.88. The van der Waals surface area contributed by atoms with E-state index in [1.165, 1.54) is 11.3 Å². The second kappa shape index (κ2) is 6.88. The molecular formula is C20H19N3O2S. The van der Waals surface area contributed by atoms with Gasteiger partial charge in [-0.25, -0.2) is 4.98 Å². The maximum absolute atomic E-state index is 13.2. The van der Waals surface area contributed by atoms with E-state index in [4.69, 9.17) is 0 Å². The molecule has 26 heavy (non-hydrogen) atoms. The van der Waals surface area contributed by atoms with Crippen LogP contribution in [0, 0.1) is 6.92 Å². The predicted octanol–water partition coefficient (Wildman–Crippen LogP) is 3.83. The van der Waals surface area contributed by atoms with Crippen LogP contribution in [-0.2, 0) is 4.79 Å². The molecule has 0 unspecified atom stereocenters. The third-order valence-electron chi connectivity index (χ3n) is 4.51. The molecule has 0 aliphatic carbocycles. The molecule has 2 aromatic carbocycles. The lowest BCUT2D eigenvalue weighted by Gasteiger charge is -2.26. The first-order chi connectivity index (χ1) is 12.6. The van der Waals surface area contributed by atoms with Gasteiger partial charge in [-0.3, -0.25) is 14.5 Å². The standard InChI is InChI=1S/C20H19N3O2S/c1-14-6-4-7-15(12-14)19(25)23(13-22-11-5-10-18(22)24)20-21-16-8-2-3-9-17(16)26-20/h2-4,6-9,12H,5,10-11,13H2,1H3. The number of nitrogens with zero attached hydrogens (tertiary/aromatic N) is 3. The Hall–Kier alpha value is -2.73. The van der Waals surface area contributed by atoms with Crippen molar-refractivity contribution in [3.8, 4) is 0 Å². The van der Waals surface area contributed by atoms with Crippen molar-refractivity contribution in [1.29, 1.82) is 0 Å². The molecule has 1 aliphatic rings. The first-order valence-corrected chi connectivity index (χ1v) is 9.45. The zero-order chi connectivity index (χ0) is 18.1. The van der Waals surface area contributed by atoms with E-state index in [0.717, 1.165) is 22.2 Å². The number of hydrogen-bond acceptors (Lipinski definition) is 4. The molecule has 0 N–H and O–H groups in total. The summed E-state index contributed by atoms with van der Waals surface area (Å²) < 4.78 is 1.03. The number of amides is 2. The number of carbonyl (C=O) groups excluding carboxylic acids is 2. The number of para-hydroxylation sites is 1. The first kappa shape index (κ1) is 16.7. The molecule has 3 aromatic rings. The number of carbonyl (C=O) groups is 2. The molecule has 1 fully saturated rings. The average Bonchev–Trinajstić information content (AvgIpc) is 3.24. The van der Waals surface area contributed by atoms with E-state index in [2.05, 4.69) is 4.98 Å². The minimum absolute atomic E-state index is 0.0909. The molecule has 4 rings (SSSR count). The Morgan fingerprint density at radius 1 is 1.23 bits per heavy atom. The molecule has 6 heteroatoms. The zero-order valence-corrected chi connectivity index (χ0v) is 15.3. The van der Waals surface area contributed by atoms with Crippen LogP contribution in [-0.4, -0.2) is 34.9 Å². The number of aromatic nitrogens is 1. The van der Waals surface area contributed by atoms with Gasteiger partial charge in [-0.15, -0.1) is 0 Å². The van der Waals surface area contributed by atoms with E-state index in [1.54, 1.807) is 9.80 Å². The van der Waals surface area contributed by atoms with Crippen molar-refractivity contribution >= 4 is 38.5 Å². The number of likely N-dealkylation sites (tertiary alicyclic amines) is 1. The normalized spacial score (nSPS) is 14.2. The largest absolute Gasteiger partial charge is 0.324 e. The van der Waals surface area contributed by atoms with Crippen LogP contribution >= 0.6 is 11.3 Å². The van der Waals surface area contributed by atoms with E-state index in [9.17, 15) is 9.59 Å². The number of fused-ring (bicyclic) bond motifs is 1. The fraction of sp³-hybridized carbons (Fsp3) is 0.250. The smallest absolute Gasteiger partial charge is 0.261 e. The van der Waals surface area contributed by atoms with Crippen LogP contribution in [0.5, 0.6) is 0 Å². The molecular weight excluding hydrogens is 346 g/mol. The van der Waals surface area contributed by atoms with Gasteiger partial charge in [-0.2, -0.15) is 0 Å². The molecule has 0 spiro atoms. The number of benzene rings is 2. The topological polar surface area (TPSA) is 53.5 Å². The Bertz CT molecular complexity index is 949. The van der Waals surface area contributed by atoms with E-state index < -0.39 is 0 Å². The van der Waals surface area contributed by atoms with Crippen molar-refractivity contribution in [3.05, 3.63) is 59.7 Å². The van der Waals surface area contributed by atoms with Crippen LogP contribution in [0.1, 0.15) is 28.8 Å². The minimum Gasteiger partial charge on any atom is -0.324 e. The predicted molar refractivity (Wildman–Crippen MR) is 103 cm³/mol. The van der Waals surface area contributed by atoms with E-state index in [1.807, 2.05) is 55.5 Å². The second-order valence-electron chi connectivity index (χ2n) is 6.47. The molecule has 1 aliphatic heterocycles. The van der Waals surface area contributed by atoms with Crippen molar-refractivity contribution in [3.63, 3.8) is 0 Å². The average molecular weight is 365 g/mol. The summed E-state index contributed by atoms with van der Waals surface area (Å²) >= 11 is 1.47. The third-order valence-corrected chi connectivity index (χ3v) is 5.57. The Morgan fingerprint density at radius 2 is 2.08 bits per heavy atom. The summed E-state index contributed by atoms with van der Waals surface area (Å²) in [7, 11) is 0. The Morgan fingerprint density at radius 3 is 2.81 bits per heavy atom. The number of rotatable bonds is 4. The molecule has 132 valence electrons. The fourth-order valence-electron chi connectivity index (χ4n) is 3.15. The first-order valence-electron chi connectivity index (χ1n) is 8.64. The van der Waals surface area contributed by atoms with Gasteiger partial charge in [0.25, 0.3) is 5.91 Å². The fourth-order valence-corrected chi connectivity index (χ4v) is 4.10. The highest BCUT2D eigenvalue weighted by molar-refractivity contribution is 7.22. The minimum atomic E-state index is -0.132. The van der Waals surface area contributed by atoms with Crippen LogP contribution in [0.4, 0.5) is 5.13 Å². The van der Waals surface area contributed by atoms with E-state index in [-0.39, 0.29) is 18.5 Å². The summed E-state index contributed by atoms with van der Waals surface area (Å²) in [6.07, 6.45) is 1.39. The van der Waals surface area contributed by atoms with E-state index in [0.29, 0.717) is 23.7 Å². The van der Waals surface area contributed by atoms with Crippen LogP contribution in [0.3, 0.4) is 0 Å². The molecule has 0 atom stereocenters. The highest BCUT2D eigenvalue weighted by Crippen LogP contribution is 2.30. The molecule has 5 nitrogen and oxygen atoms in total. The number of thiazole rings is 1. The van der Waals surface area contributed by atoms with Crippen molar-refractivity contribution in [2.45, 2.75) is 19.8 Å². The summed E-state index contributed by atoms with van der Waals surface area (Å²) in [5.74, 6) is -0.0411. The monoisotopic (exact) mass is 365 g/mol. The highest BCUT2D eigenvalue weighted by atomic mass is 32.1. The van der Waals surface area contributed by atoms with Crippen LogP contribution in [0.15, 0.2) is 48.5 Å². The Kier molecular flexibility index (Phi) is 4.42. The molecule has 0 radical (unpaired) electrons. The quantitative estimate of drug-likeness (QED) is 0.706. The summed E-state index contributed by atoms with van der Waals surface area (Å²) in [5, 5.41) is 0.623. The van der Waals surface area contributed by atoms with Gasteiger partial charge >= 0.3 is 0 Å². The number of anilines is 1. The molecule has 2 amide bonds. The van der Waals surface area contributed by atoms with Gasteiger partial charge in [0, 0.05) is 18.5 Å². The molecule has 1 aromatic heterocycles. The molecule has 2 heterocycles. The van der Waals surface area contributed by atoms with Crippen LogP contribution < -0.4 is 4.90 Å². The van der Waals surface area contributed by atoms with E-state index >= 15 is 0 Å². The maximum atomic E-state index is 13.2. The summed E-state index contributed by atoms with van der Waals surface area (Å²) in [6, 6.07) is 15.3. The number of aryl methyl sites for hydroxylation is 1. The maximum Gasteiger partial charge on any atom is 0.261 e. The van der Waals surface area contributed by atoms with Gasteiger partial charge in [0.15, 0.2) is 5.13 Å². The lowest BCUT2D eigenvalue weighted by molar-refractivity contribution is -0.127. The van der Waals surface area contributed by atoms with Gasteiger partial charge in [-0.1, -0.05) is 41.2 Å². The number of hydrogen-bond donors (Lipinski definition) is 0. The highest BCUT2D eigenvalue weighted by Gasteiger charge is 2.28. The molecule has 0 saturated carbocycles. The van der Waals surface area contributed by atoms with Crippen molar-refractivity contribution in [2.24, 2.45) is 0 Å².